The van der Waals surface area contributed by atoms with Crippen molar-refractivity contribution in [3.05, 3.63) is 53.0 Å². The first-order valence-electron chi connectivity index (χ1n) is 11.7. The minimum Gasteiger partial charge on any atom is -0.507 e. The van der Waals surface area contributed by atoms with Crippen molar-refractivity contribution in [2.45, 2.75) is 63.6 Å². The van der Waals surface area contributed by atoms with Crippen LogP contribution in [0.15, 0.2) is 30.3 Å². The number of aryl methyl sites for hydroxylation is 1. The van der Waals surface area contributed by atoms with Gasteiger partial charge in [0.1, 0.15) is 17.4 Å². The highest BCUT2D eigenvalue weighted by molar-refractivity contribution is 7.99. The molecule has 7 nitrogen and oxygen atoms in total. The van der Waals surface area contributed by atoms with Gasteiger partial charge in [-0.1, -0.05) is 6.07 Å². The highest BCUT2D eigenvalue weighted by Crippen LogP contribution is 2.26. The fraction of sp³-hybridized carbons (Fsp3) is 0.480. The van der Waals surface area contributed by atoms with Crippen molar-refractivity contribution >= 4 is 23.6 Å². The van der Waals surface area contributed by atoms with E-state index in [1.54, 1.807) is 18.2 Å². The van der Waals surface area contributed by atoms with Crippen LogP contribution in [-0.2, 0) is 0 Å². The number of phenols is 1. The van der Waals surface area contributed by atoms with Crippen LogP contribution in [0.4, 0.5) is 4.39 Å². The van der Waals surface area contributed by atoms with Crippen LogP contribution in [0.3, 0.4) is 0 Å². The van der Waals surface area contributed by atoms with E-state index in [1.807, 2.05) is 18.7 Å². The van der Waals surface area contributed by atoms with Crippen LogP contribution >= 0.6 is 11.8 Å². The number of carbonyl (C=O) groups is 2. The van der Waals surface area contributed by atoms with Gasteiger partial charge in [-0.2, -0.15) is 21.1 Å². The highest BCUT2D eigenvalue weighted by atomic mass is 32.2. The van der Waals surface area contributed by atoms with E-state index in [0.717, 1.165) is 29.9 Å². The number of rotatable bonds is 6. The van der Waals surface area contributed by atoms with Gasteiger partial charge < -0.3 is 20.5 Å². The number of hydrogen-bond acceptors (Lipinski definition) is 6. The summed E-state index contributed by atoms with van der Waals surface area (Å²) in [5.74, 6) is 0.669. The molecule has 2 heterocycles. The van der Waals surface area contributed by atoms with E-state index in [0.29, 0.717) is 25.7 Å². The Balaban J connectivity index is 1.31. The molecule has 182 valence electrons. The Morgan fingerprint density at radius 3 is 2.18 bits per heavy atom. The second-order valence-corrected chi connectivity index (χ2v) is 10.2. The van der Waals surface area contributed by atoms with Gasteiger partial charge in [0, 0.05) is 12.1 Å². The van der Waals surface area contributed by atoms with E-state index in [-0.39, 0.29) is 52.8 Å². The number of phenolic OH excluding ortho intramolecular Hbond substituents is 1. The molecule has 1 aromatic heterocycles. The number of halogens is 1. The van der Waals surface area contributed by atoms with Crippen molar-refractivity contribution in [1.29, 1.82) is 0 Å². The monoisotopic (exact) mass is 487 g/mol. The molecule has 9 heteroatoms. The largest absolute Gasteiger partial charge is 0.507 e. The molecule has 1 saturated heterocycles. The zero-order valence-electron chi connectivity index (χ0n) is 19.2. The molecule has 34 heavy (non-hydrogen) atoms. The number of aromatic hydroxyl groups is 1. The lowest BCUT2D eigenvalue weighted by atomic mass is 9.90. The Kier molecular flexibility index (Phi) is 7.92. The Hall–Kier alpha value is -2.81. The molecule has 0 unspecified atom stereocenters. The maximum Gasteiger partial charge on any atom is 0.256 e. The third-order valence-electron chi connectivity index (χ3n) is 6.31. The molecule has 2 amide bonds. The Morgan fingerprint density at radius 1 is 0.971 bits per heavy atom. The van der Waals surface area contributed by atoms with Gasteiger partial charge in [0.15, 0.2) is 0 Å². The van der Waals surface area contributed by atoms with Crippen LogP contribution < -0.4 is 15.4 Å². The number of nitrogens with zero attached hydrogens (tertiary/aromatic N) is 1. The number of nitrogens with one attached hydrogen (secondary N) is 2. The summed E-state index contributed by atoms with van der Waals surface area (Å²) in [6.45, 7) is 1.85. The van der Waals surface area contributed by atoms with E-state index in [2.05, 4.69) is 15.6 Å². The van der Waals surface area contributed by atoms with E-state index in [4.69, 9.17) is 4.74 Å². The van der Waals surface area contributed by atoms with E-state index < -0.39 is 5.95 Å². The maximum absolute atomic E-state index is 13.8. The average molecular weight is 488 g/mol. The Bertz CT molecular complexity index is 1040. The molecule has 3 N–H and O–H groups in total. The topological polar surface area (TPSA) is 101 Å². The summed E-state index contributed by atoms with van der Waals surface area (Å²) in [4.78, 5) is 29.3. The van der Waals surface area contributed by atoms with Gasteiger partial charge in [0.25, 0.3) is 11.8 Å². The lowest BCUT2D eigenvalue weighted by Gasteiger charge is -2.30. The zero-order chi connectivity index (χ0) is 24.1. The first kappa shape index (κ1) is 24.3. The molecular weight excluding hydrogens is 457 g/mol. The van der Waals surface area contributed by atoms with E-state index in [9.17, 15) is 19.1 Å². The second-order valence-electron chi connectivity index (χ2n) is 8.93. The predicted octanol–water partition coefficient (Wildman–Crippen LogP) is 3.98. The van der Waals surface area contributed by atoms with Gasteiger partial charge >= 0.3 is 0 Å². The fourth-order valence-corrected chi connectivity index (χ4v) is 5.44. The molecule has 0 atom stereocenters. The summed E-state index contributed by atoms with van der Waals surface area (Å²) in [7, 11) is 0. The Morgan fingerprint density at radius 2 is 1.56 bits per heavy atom. The zero-order valence-corrected chi connectivity index (χ0v) is 20.0. The number of amides is 2. The molecular formula is C25H30FN3O4S. The summed E-state index contributed by atoms with van der Waals surface area (Å²) >= 11 is 1.86. The summed E-state index contributed by atoms with van der Waals surface area (Å²) < 4.78 is 19.7. The number of carbonyl (C=O) groups excluding carboxylic acids is 2. The third-order valence-corrected chi connectivity index (χ3v) is 7.36. The molecule has 0 radical (unpaired) electrons. The molecule has 2 aliphatic rings. The standard InChI is InChI=1S/C25H30FN3O4S/c1-15-2-7-19(21(30)14-15)23(31)27-16-3-5-17(6-4-16)28-24(32)20-8-9-22(26)29-25(20)33-18-10-12-34-13-11-18/h2,7-9,14,16-18,30H,3-6,10-13H2,1H3,(H,27,31)(H,28,32). The number of thioether (sulfide) groups is 1. The van der Waals surface area contributed by atoms with E-state index in [1.165, 1.54) is 12.1 Å². The summed E-state index contributed by atoms with van der Waals surface area (Å²) in [5.41, 5.74) is 1.38. The maximum atomic E-state index is 13.8. The number of hydrogen-bond donors (Lipinski definition) is 3. The van der Waals surface area contributed by atoms with Gasteiger partial charge in [-0.25, -0.2) is 0 Å². The first-order valence-corrected chi connectivity index (χ1v) is 12.9. The summed E-state index contributed by atoms with van der Waals surface area (Å²) in [6.07, 6.45) is 4.43. The molecule has 1 saturated carbocycles. The van der Waals surface area contributed by atoms with Crippen LogP contribution in [0.2, 0.25) is 0 Å². The van der Waals surface area contributed by atoms with Crippen LogP contribution in [0.1, 0.15) is 64.8 Å². The molecule has 1 aromatic carbocycles. The van der Waals surface area contributed by atoms with Crippen LogP contribution in [-0.4, -0.2) is 51.6 Å². The minimum atomic E-state index is -0.674. The average Bonchev–Trinajstić information content (AvgIpc) is 2.81. The SMILES string of the molecule is Cc1ccc(C(=O)NC2CCC(NC(=O)c3ccc(F)nc3OC3CCSCC3)CC2)c(O)c1. The predicted molar refractivity (Wildman–Crippen MR) is 129 cm³/mol. The van der Waals surface area contributed by atoms with Crippen molar-refractivity contribution in [3.8, 4) is 11.6 Å². The molecule has 1 aliphatic heterocycles. The second kappa shape index (κ2) is 11.1. The van der Waals surface area contributed by atoms with Crippen molar-refractivity contribution in [2.75, 3.05) is 11.5 Å². The smallest absolute Gasteiger partial charge is 0.256 e. The Labute approximate surface area is 202 Å². The van der Waals surface area contributed by atoms with Gasteiger partial charge in [-0.15, -0.1) is 0 Å². The molecule has 4 rings (SSSR count). The van der Waals surface area contributed by atoms with Crippen molar-refractivity contribution < 1.29 is 23.8 Å². The van der Waals surface area contributed by atoms with E-state index >= 15 is 0 Å². The van der Waals surface area contributed by atoms with Gasteiger partial charge in [-0.3, -0.25) is 9.59 Å². The number of pyridine rings is 1. The van der Waals surface area contributed by atoms with Crippen LogP contribution in [0.5, 0.6) is 11.6 Å². The number of aromatic nitrogens is 1. The first-order chi connectivity index (χ1) is 16.4. The van der Waals surface area contributed by atoms with Crippen molar-refractivity contribution in [1.82, 2.24) is 15.6 Å². The summed E-state index contributed by atoms with van der Waals surface area (Å²) in [6, 6.07) is 7.48. The summed E-state index contributed by atoms with van der Waals surface area (Å²) in [5, 5.41) is 16.0. The van der Waals surface area contributed by atoms with Crippen molar-refractivity contribution in [3.63, 3.8) is 0 Å². The van der Waals surface area contributed by atoms with Gasteiger partial charge in [0.05, 0.1) is 5.56 Å². The van der Waals surface area contributed by atoms with Crippen LogP contribution in [0.25, 0.3) is 0 Å². The van der Waals surface area contributed by atoms with Gasteiger partial charge in [0.2, 0.25) is 11.8 Å². The highest BCUT2D eigenvalue weighted by Gasteiger charge is 2.27. The fourth-order valence-electron chi connectivity index (χ4n) is 4.37. The minimum absolute atomic E-state index is 0.0306. The molecule has 0 bridgehead atoms. The van der Waals surface area contributed by atoms with Gasteiger partial charge in [-0.05, 0) is 86.8 Å². The number of ether oxygens (including phenoxy) is 1. The van der Waals surface area contributed by atoms with Crippen LogP contribution in [0, 0.1) is 12.9 Å². The lowest BCUT2D eigenvalue weighted by molar-refractivity contribution is 0.0884. The molecule has 1 aliphatic carbocycles. The molecule has 2 aromatic rings. The molecule has 2 fully saturated rings. The number of benzene rings is 1. The third kappa shape index (κ3) is 6.20. The molecule has 0 spiro atoms. The quantitative estimate of drug-likeness (QED) is 0.533. The van der Waals surface area contributed by atoms with Crippen molar-refractivity contribution in [2.24, 2.45) is 0 Å². The normalized spacial score (nSPS) is 21.0. The lowest BCUT2D eigenvalue weighted by Crippen LogP contribution is -2.44.